The summed E-state index contributed by atoms with van der Waals surface area (Å²) >= 11 is 0. The number of nitrogens with zero attached hydrogens (tertiary/aromatic N) is 4. The molecule has 9 aromatic rings. The lowest BCUT2D eigenvalue weighted by Crippen LogP contribution is -2.09. The van der Waals surface area contributed by atoms with Gasteiger partial charge in [0.1, 0.15) is 11.2 Å². The Morgan fingerprint density at radius 2 is 0.860 bits per heavy atom. The standard InChI is InChI=1S/C45H30N4O/c1-5-14-31(15-6-1)32-24-26-36(27-25-32)49(35-20-11-4-12-21-35)37-28-29-38-41(30-37)50-40-23-13-22-39(42(38)40)45-47-43(33-16-7-2-8-17-33)46-44(48-45)34-18-9-3-10-19-34/h1-30H. The van der Waals surface area contributed by atoms with Crippen molar-refractivity contribution in [3.63, 3.8) is 0 Å². The molecule has 0 aliphatic heterocycles. The average molecular weight is 643 g/mol. The number of rotatable bonds is 7. The Morgan fingerprint density at radius 3 is 1.48 bits per heavy atom. The van der Waals surface area contributed by atoms with E-state index in [1.807, 2.05) is 84.9 Å². The molecule has 0 spiro atoms. The molecule has 0 aliphatic carbocycles. The van der Waals surface area contributed by atoms with Crippen LogP contribution in [0.25, 0.3) is 67.2 Å². The van der Waals surface area contributed by atoms with Crippen LogP contribution in [-0.4, -0.2) is 15.0 Å². The fraction of sp³-hybridized carbons (Fsp3) is 0. The van der Waals surface area contributed by atoms with Crippen LogP contribution < -0.4 is 4.90 Å². The largest absolute Gasteiger partial charge is 0.456 e. The Bertz CT molecular complexity index is 2510. The molecule has 5 nitrogen and oxygen atoms in total. The summed E-state index contributed by atoms with van der Waals surface area (Å²) in [6.45, 7) is 0. The zero-order chi connectivity index (χ0) is 33.3. The van der Waals surface area contributed by atoms with Crippen LogP contribution in [0.15, 0.2) is 186 Å². The Morgan fingerprint density at radius 1 is 0.360 bits per heavy atom. The summed E-state index contributed by atoms with van der Waals surface area (Å²) in [7, 11) is 0. The topological polar surface area (TPSA) is 55.1 Å². The van der Waals surface area contributed by atoms with E-state index in [1.54, 1.807) is 0 Å². The van der Waals surface area contributed by atoms with Crippen LogP contribution >= 0.6 is 0 Å². The average Bonchev–Trinajstić information content (AvgIpc) is 3.58. The summed E-state index contributed by atoms with van der Waals surface area (Å²) in [4.78, 5) is 17.2. The highest BCUT2D eigenvalue weighted by Gasteiger charge is 2.20. The first-order chi connectivity index (χ1) is 24.8. The predicted octanol–water partition coefficient (Wildman–Crippen LogP) is 11.9. The van der Waals surface area contributed by atoms with Crippen molar-refractivity contribution in [2.24, 2.45) is 0 Å². The van der Waals surface area contributed by atoms with Gasteiger partial charge in [0.05, 0.1) is 0 Å². The highest BCUT2D eigenvalue weighted by atomic mass is 16.3. The van der Waals surface area contributed by atoms with E-state index in [9.17, 15) is 0 Å². The summed E-state index contributed by atoms with van der Waals surface area (Å²) in [5.74, 6) is 1.84. The van der Waals surface area contributed by atoms with Crippen molar-refractivity contribution >= 4 is 39.0 Å². The molecule has 0 saturated heterocycles. The van der Waals surface area contributed by atoms with Crippen molar-refractivity contribution in [2.75, 3.05) is 4.90 Å². The van der Waals surface area contributed by atoms with Crippen LogP contribution in [0.1, 0.15) is 0 Å². The molecule has 0 aliphatic rings. The van der Waals surface area contributed by atoms with Crippen LogP contribution in [0, 0.1) is 0 Å². The molecule has 236 valence electrons. The van der Waals surface area contributed by atoms with Gasteiger partial charge in [-0.3, -0.25) is 0 Å². The van der Waals surface area contributed by atoms with E-state index in [-0.39, 0.29) is 0 Å². The lowest BCUT2D eigenvalue weighted by molar-refractivity contribution is 0.669. The molecule has 0 atom stereocenters. The molecule has 9 rings (SSSR count). The van der Waals surface area contributed by atoms with Gasteiger partial charge in [0.15, 0.2) is 17.5 Å². The van der Waals surface area contributed by atoms with Crippen LogP contribution in [0.3, 0.4) is 0 Å². The zero-order valence-electron chi connectivity index (χ0n) is 27.0. The number of hydrogen-bond acceptors (Lipinski definition) is 5. The van der Waals surface area contributed by atoms with Gasteiger partial charge in [-0.2, -0.15) is 0 Å². The van der Waals surface area contributed by atoms with Crippen LogP contribution in [0.2, 0.25) is 0 Å². The first-order valence-electron chi connectivity index (χ1n) is 16.6. The molecule has 2 heterocycles. The second-order valence-electron chi connectivity index (χ2n) is 12.1. The van der Waals surface area contributed by atoms with E-state index in [0.29, 0.717) is 17.5 Å². The van der Waals surface area contributed by atoms with Crippen molar-refractivity contribution in [1.29, 1.82) is 0 Å². The maximum atomic E-state index is 6.59. The van der Waals surface area contributed by atoms with E-state index >= 15 is 0 Å². The van der Waals surface area contributed by atoms with Gasteiger partial charge in [0.25, 0.3) is 0 Å². The third-order valence-electron chi connectivity index (χ3n) is 8.93. The molecule has 0 fully saturated rings. The van der Waals surface area contributed by atoms with Gasteiger partial charge >= 0.3 is 0 Å². The Balaban J connectivity index is 1.18. The lowest BCUT2D eigenvalue weighted by atomic mass is 10.0. The summed E-state index contributed by atoms with van der Waals surface area (Å²) in [5, 5.41) is 1.96. The second-order valence-corrected chi connectivity index (χ2v) is 12.1. The van der Waals surface area contributed by atoms with Gasteiger partial charge in [-0.15, -0.1) is 0 Å². The molecule has 0 N–H and O–H groups in total. The summed E-state index contributed by atoms with van der Waals surface area (Å²) in [5.41, 5.74) is 9.78. The van der Waals surface area contributed by atoms with Crippen molar-refractivity contribution in [3.05, 3.63) is 182 Å². The number of aromatic nitrogens is 3. The van der Waals surface area contributed by atoms with Gasteiger partial charge in [0, 0.05) is 50.6 Å². The molecule has 0 saturated carbocycles. The highest BCUT2D eigenvalue weighted by Crippen LogP contribution is 2.41. The maximum Gasteiger partial charge on any atom is 0.164 e. The van der Waals surface area contributed by atoms with E-state index < -0.39 is 0 Å². The van der Waals surface area contributed by atoms with E-state index in [4.69, 9.17) is 19.4 Å². The molecule has 0 unspecified atom stereocenters. The van der Waals surface area contributed by atoms with Crippen molar-refractivity contribution in [3.8, 4) is 45.3 Å². The SMILES string of the molecule is c1ccc(-c2ccc(N(c3ccccc3)c3ccc4c(c3)oc3cccc(-c5nc(-c6ccccc6)nc(-c6ccccc6)n5)c34)cc2)cc1. The lowest BCUT2D eigenvalue weighted by Gasteiger charge is -2.25. The fourth-order valence-electron chi connectivity index (χ4n) is 6.53. The fourth-order valence-corrected chi connectivity index (χ4v) is 6.53. The van der Waals surface area contributed by atoms with Gasteiger partial charge in [0.2, 0.25) is 0 Å². The third kappa shape index (κ3) is 5.47. The molecule has 50 heavy (non-hydrogen) atoms. The minimum absolute atomic E-state index is 0.597. The summed E-state index contributed by atoms with van der Waals surface area (Å²) in [6.07, 6.45) is 0. The molecule has 0 amide bonds. The maximum absolute atomic E-state index is 6.59. The van der Waals surface area contributed by atoms with Crippen LogP contribution in [0.5, 0.6) is 0 Å². The minimum Gasteiger partial charge on any atom is -0.456 e. The smallest absolute Gasteiger partial charge is 0.164 e. The Kier molecular flexibility index (Phi) is 7.41. The quantitative estimate of drug-likeness (QED) is 0.173. The van der Waals surface area contributed by atoms with E-state index in [1.165, 1.54) is 11.1 Å². The van der Waals surface area contributed by atoms with E-state index in [2.05, 4.69) is 102 Å². The Labute approximate surface area is 289 Å². The van der Waals surface area contributed by atoms with Gasteiger partial charge in [-0.25, -0.2) is 15.0 Å². The second kappa shape index (κ2) is 12.6. The number of benzene rings is 7. The van der Waals surface area contributed by atoms with Crippen molar-refractivity contribution in [1.82, 2.24) is 15.0 Å². The monoisotopic (exact) mass is 642 g/mol. The number of furan rings is 1. The minimum atomic E-state index is 0.597. The van der Waals surface area contributed by atoms with Crippen molar-refractivity contribution in [2.45, 2.75) is 0 Å². The highest BCUT2D eigenvalue weighted by molar-refractivity contribution is 6.12. The molecule has 2 aromatic heterocycles. The van der Waals surface area contributed by atoms with Gasteiger partial charge < -0.3 is 9.32 Å². The molecule has 5 heteroatoms. The van der Waals surface area contributed by atoms with Crippen molar-refractivity contribution < 1.29 is 4.42 Å². The summed E-state index contributed by atoms with van der Waals surface area (Å²) < 4.78 is 6.59. The number of para-hydroxylation sites is 1. The normalized spacial score (nSPS) is 11.2. The van der Waals surface area contributed by atoms with E-state index in [0.717, 1.165) is 55.7 Å². The van der Waals surface area contributed by atoms with Crippen LogP contribution in [-0.2, 0) is 0 Å². The molecular weight excluding hydrogens is 613 g/mol. The zero-order valence-corrected chi connectivity index (χ0v) is 27.0. The van der Waals surface area contributed by atoms with Crippen LogP contribution in [0.4, 0.5) is 17.1 Å². The number of fused-ring (bicyclic) bond motifs is 3. The summed E-state index contributed by atoms with van der Waals surface area (Å²) in [6, 6.07) is 62.1. The molecule has 7 aromatic carbocycles. The molecule has 0 radical (unpaired) electrons. The number of hydrogen-bond donors (Lipinski definition) is 0. The first kappa shape index (κ1) is 29.3. The first-order valence-corrected chi connectivity index (χ1v) is 16.6. The number of anilines is 3. The van der Waals surface area contributed by atoms with Gasteiger partial charge in [-0.05, 0) is 53.6 Å². The molecule has 0 bridgehead atoms. The van der Waals surface area contributed by atoms with Gasteiger partial charge in [-0.1, -0.05) is 133 Å². The predicted molar refractivity (Wildman–Crippen MR) is 204 cm³/mol. The third-order valence-corrected chi connectivity index (χ3v) is 8.93. The molecular formula is C45H30N4O. The Hall–Kier alpha value is -6.85.